The number of amides is 2. The molecule has 0 aromatic carbocycles. The summed E-state index contributed by atoms with van der Waals surface area (Å²) in [5.74, 6) is -1.62. The lowest BCUT2D eigenvalue weighted by atomic mass is 9.82. The molecule has 1 aliphatic carbocycles. The average Bonchev–Trinajstić information content (AvgIpc) is 3.50. The first-order chi connectivity index (χ1) is 20.7. The SMILES string of the molecule is CC/C=C\C/C=C\C/C=C\CCCCCCCC(=O)N1[C@H]2[C@@H]1CN1C3=C(C(=O)C(N)=C(C)C3=O)[C@@H](COC(N)=O)[C@@]21OC. The zero-order valence-corrected chi connectivity index (χ0v) is 25.7. The molecule has 2 saturated heterocycles. The van der Waals surface area contributed by atoms with Crippen LogP contribution >= 0.6 is 0 Å². The highest BCUT2D eigenvalue weighted by Gasteiger charge is 2.77. The van der Waals surface area contributed by atoms with Gasteiger partial charge in [0, 0.05) is 31.2 Å². The van der Waals surface area contributed by atoms with Crippen molar-refractivity contribution in [3.8, 4) is 0 Å². The van der Waals surface area contributed by atoms with Crippen molar-refractivity contribution in [2.75, 3.05) is 20.3 Å². The Bertz CT molecular complexity index is 1260. The third-order valence-corrected chi connectivity index (χ3v) is 9.02. The van der Waals surface area contributed by atoms with Crippen LogP contribution in [0.2, 0.25) is 0 Å². The molecule has 10 nitrogen and oxygen atoms in total. The molecule has 2 amide bonds. The van der Waals surface area contributed by atoms with Crippen molar-refractivity contribution in [1.82, 2.24) is 9.80 Å². The van der Waals surface area contributed by atoms with Crippen molar-refractivity contribution in [2.45, 2.75) is 95.9 Å². The number of hydrogen-bond donors (Lipinski definition) is 2. The number of carbonyl (C=O) groups excluding carboxylic acids is 4. The molecule has 234 valence electrons. The van der Waals surface area contributed by atoms with E-state index in [1.807, 2.05) is 0 Å². The van der Waals surface area contributed by atoms with E-state index in [2.05, 4.69) is 43.4 Å². The summed E-state index contributed by atoms with van der Waals surface area (Å²) in [6.07, 6.45) is 21.9. The second kappa shape index (κ2) is 14.2. The van der Waals surface area contributed by atoms with Gasteiger partial charge in [0.1, 0.15) is 12.6 Å². The van der Waals surface area contributed by atoms with Crippen LogP contribution in [-0.2, 0) is 23.9 Å². The normalized spacial score (nSPS) is 26.3. The fraction of sp³-hybridized carbons (Fsp3) is 0.576. The van der Waals surface area contributed by atoms with Gasteiger partial charge >= 0.3 is 6.09 Å². The predicted octanol–water partition coefficient (Wildman–Crippen LogP) is 4.18. The molecule has 0 unspecified atom stereocenters. The van der Waals surface area contributed by atoms with Gasteiger partial charge in [0.05, 0.1) is 23.4 Å². The van der Waals surface area contributed by atoms with Gasteiger partial charge in [-0.1, -0.05) is 62.6 Å². The van der Waals surface area contributed by atoms with Crippen molar-refractivity contribution in [3.63, 3.8) is 0 Å². The number of nitrogens with two attached hydrogens (primary N) is 2. The Balaban J connectivity index is 1.25. The first kappa shape index (κ1) is 32.3. The Morgan fingerprint density at radius 3 is 2.30 bits per heavy atom. The molecule has 0 saturated carbocycles. The molecule has 0 aromatic rings. The number of rotatable bonds is 16. The van der Waals surface area contributed by atoms with E-state index in [4.69, 9.17) is 20.9 Å². The summed E-state index contributed by atoms with van der Waals surface area (Å²) in [4.78, 5) is 54.9. The summed E-state index contributed by atoms with van der Waals surface area (Å²) in [6, 6.07) is -0.535. The molecule has 0 bridgehead atoms. The molecular weight excluding hydrogens is 548 g/mol. The number of ether oxygens (including phenoxy) is 2. The molecule has 4 atom stereocenters. The van der Waals surface area contributed by atoms with E-state index in [-0.39, 0.29) is 52.9 Å². The highest BCUT2D eigenvalue weighted by molar-refractivity contribution is 6.25. The number of hydrogen-bond acceptors (Lipinski definition) is 8. The minimum Gasteiger partial charge on any atom is -0.449 e. The number of ketones is 2. The third-order valence-electron chi connectivity index (χ3n) is 9.02. The molecular formula is C33H46N4O6. The number of allylic oxidation sites excluding steroid dienone is 8. The Hall–Kier alpha value is -3.66. The summed E-state index contributed by atoms with van der Waals surface area (Å²) >= 11 is 0. The molecule has 4 N–H and O–H groups in total. The quantitative estimate of drug-likeness (QED) is 0.117. The van der Waals surface area contributed by atoms with Crippen LogP contribution in [0.4, 0.5) is 4.79 Å². The van der Waals surface area contributed by atoms with Crippen LogP contribution in [0.25, 0.3) is 0 Å². The van der Waals surface area contributed by atoms with E-state index in [9.17, 15) is 19.2 Å². The maximum Gasteiger partial charge on any atom is 0.404 e. The van der Waals surface area contributed by atoms with E-state index in [1.54, 1.807) is 9.80 Å². The van der Waals surface area contributed by atoms with Gasteiger partial charge in [0.25, 0.3) is 0 Å². The molecule has 3 heterocycles. The average molecular weight is 595 g/mol. The molecule has 4 aliphatic rings. The molecule has 10 heteroatoms. The summed E-state index contributed by atoms with van der Waals surface area (Å²) < 4.78 is 11.2. The highest BCUT2D eigenvalue weighted by atomic mass is 16.6. The fourth-order valence-electron chi connectivity index (χ4n) is 6.84. The first-order valence-corrected chi connectivity index (χ1v) is 15.5. The number of piperazine rings is 1. The van der Waals surface area contributed by atoms with E-state index in [1.165, 1.54) is 14.0 Å². The number of carbonyl (C=O) groups is 4. The van der Waals surface area contributed by atoms with Crippen LogP contribution in [-0.4, -0.2) is 71.4 Å². The molecule has 0 aromatic heterocycles. The number of primary amides is 1. The number of unbranched alkanes of at least 4 members (excludes halogenated alkanes) is 5. The van der Waals surface area contributed by atoms with Crippen molar-refractivity contribution < 1.29 is 28.7 Å². The summed E-state index contributed by atoms with van der Waals surface area (Å²) in [5, 5.41) is 0. The van der Waals surface area contributed by atoms with Crippen molar-refractivity contribution in [3.05, 3.63) is 59.0 Å². The van der Waals surface area contributed by atoms with Gasteiger partial charge in [-0.2, -0.15) is 0 Å². The minimum atomic E-state index is -1.22. The Morgan fingerprint density at radius 1 is 0.977 bits per heavy atom. The second-order valence-electron chi connectivity index (χ2n) is 11.6. The Morgan fingerprint density at radius 2 is 1.63 bits per heavy atom. The zero-order valence-electron chi connectivity index (χ0n) is 25.7. The molecule has 3 aliphatic heterocycles. The van der Waals surface area contributed by atoms with Crippen LogP contribution < -0.4 is 11.5 Å². The lowest BCUT2D eigenvalue weighted by molar-refractivity contribution is -0.153. The predicted molar refractivity (Wildman–Crippen MR) is 163 cm³/mol. The van der Waals surface area contributed by atoms with Gasteiger partial charge in [-0.3, -0.25) is 14.4 Å². The standard InChI is InChI=1S/C33H46N4O6/c1-4-5-6-7-8-9-10-11-12-13-14-15-16-17-18-19-25(38)37-24-20-36-28-26(30(40)27(34)22(2)29(28)39)23(21-43-32(35)41)33(36,42-3)31(24)37/h5-6,8-9,11-12,23-24,31H,4,7,10,13-21,34H2,1-3H3,(H2,35,41)/b6-5-,9-8-,12-11-/t23-,24+,31+,33-,37?/m1/s1. The van der Waals surface area contributed by atoms with Gasteiger partial charge in [-0.05, 0) is 45.4 Å². The van der Waals surface area contributed by atoms with Gasteiger partial charge in [-0.25, -0.2) is 4.79 Å². The number of methoxy groups -OCH3 is 1. The third kappa shape index (κ3) is 6.34. The smallest absolute Gasteiger partial charge is 0.404 e. The van der Waals surface area contributed by atoms with Gasteiger partial charge in [0.15, 0.2) is 5.72 Å². The van der Waals surface area contributed by atoms with Crippen LogP contribution in [0.15, 0.2) is 59.0 Å². The molecule has 0 radical (unpaired) electrons. The Kier molecular flexibility index (Phi) is 10.7. The highest BCUT2D eigenvalue weighted by Crippen LogP contribution is 2.59. The molecule has 43 heavy (non-hydrogen) atoms. The first-order valence-electron chi connectivity index (χ1n) is 15.5. The maximum atomic E-state index is 13.3. The largest absolute Gasteiger partial charge is 0.449 e. The zero-order chi connectivity index (χ0) is 31.1. The van der Waals surface area contributed by atoms with E-state index < -0.39 is 23.5 Å². The molecule has 0 spiro atoms. The minimum absolute atomic E-state index is 0.0261. The van der Waals surface area contributed by atoms with E-state index >= 15 is 0 Å². The number of nitrogens with zero attached hydrogens (tertiary/aromatic N) is 2. The summed E-state index contributed by atoms with van der Waals surface area (Å²) in [7, 11) is 1.49. The molecule has 4 rings (SSSR count). The lowest BCUT2D eigenvalue weighted by Gasteiger charge is -2.41. The van der Waals surface area contributed by atoms with Crippen molar-refractivity contribution in [2.24, 2.45) is 17.4 Å². The summed E-state index contributed by atoms with van der Waals surface area (Å²) in [6.45, 7) is 3.74. The number of fused-ring (bicyclic) bond motifs is 4. The maximum absolute atomic E-state index is 13.3. The second-order valence-corrected chi connectivity index (χ2v) is 11.6. The van der Waals surface area contributed by atoms with E-state index in [0.29, 0.717) is 13.0 Å². The summed E-state index contributed by atoms with van der Waals surface area (Å²) in [5.41, 5.74) is 10.5. The van der Waals surface area contributed by atoms with Crippen LogP contribution in [0, 0.1) is 5.92 Å². The van der Waals surface area contributed by atoms with Gasteiger partial charge in [0.2, 0.25) is 17.5 Å². The topological polar surface area (TPSA) is 145 Å². The monoisotopic (exact) mass is 594 g/mol. The Labute approximate surface area is 254 Å². The van der Waals surface area contributed by atoms with Crippen molar-refractivity contribution in [1.29, 1.82) is 0 Å². The van der Waals surface area contributed by atoms with Gasteiger partial charge in [-0.15, -0.1) is 0 Å². The fourth-order valence-corrected chi connectivity index (χ4v) is 6.84. The van der Waals surface area contributed by atoms with Crippen LogP contribution in [0.5, 0.6) is 0 Å². The molecule has 2 fully saturated rings. The van der Waals surface area contributed by atoms with Gasteiger partial charge < -0.3 is 30.7 Å². The van der Waals surface area contributed by atoms with Crippen molar-refractivity contribution >= 4 is 23.6 Å². The van der Waals surface area contributed by atoms with Crippen LogP contribution in [0.1, 0.15) is 78.1 Å². The van der Waals surface area contributed by atoms with E-state index in [0.717, 1.165) is 57.8 Å². The van der Waals surface area contributed by atoms with Crippen LogP contribution in [0.3, 0.4) is 0 Å². The number of Topliss-reactive ketones (excluding diaryl/α,β-unsaturated/α-hetero) is 2. The lowest BCUT2D eigenvalue weighted by Crippen LogP contribution is -2.56.